The van der Waals surface area contributed by atoms with Gasteiger partial charge in [-0.2, -0.15) is 4.31 Å². The number of rotatable bonds is 7. The molecule has 6 heteroatoms. The molecule has 0 radical (unpaired) electrons. The van der Waals surface area contributed by atoms with Crippen LogP contribution in [0.5, 0.6) is 5.75 Å². The Bertz CT molecular complexity index is 513. The summed E-state index contributed by atoms with van der Waals surface area (Å²) >= 11 is 3.37. The third-order valence-electron chi connectivity index (χ3n) is 2.71. The largest absolute Gasteiger partial charge is 0.492 e. The zero-order chi connectivity index (χ0) is 14.5. The van der Waals surface area contributed by atoms with E-state index in [0.717, 1.165) is 10.9 Å². The highest BCUT2D eigenvalue weighted by molar-refractivity contribution is 9.10. The zero-order valence-electron chi connectivity index (χ0n) is 11.5. The molecule has 0 unspecified atom stereocenters. The third kappa shape index (κ3) is 3.94. The average Bonchev–Trinajstić information content (AvgIpc) is 2.38. The normalized spacial score (nSPS) is 11.8. The minimum atomic E-state index is -3.43. The summed E-state index contributed by atoms with van der Waals surface area (Å²) in [6, 6.07) is 4.88. The lowest BCUT2D eigenvalue weighted by atomic mass is 10.3. The van der Waals surface area contributed by atoms with Crippen LogP contribution in [0.4, 0.5) is 0 Å². The van der Waals surface area contributed by atoms with Gasteiger partial charge in [0.15, 0.2) is 0 Å². The van der Waals surface area contributed by atoms with Crippen LogP contribution in [-0.2, 0) is 10.0 Å². The molecule has 0 bridgehead atoms. The van der Waals surface area contributed by atoms with Gasteiger partial charge >= 0.3 is 0 Å². The number of hydrogen-bond acceptors (Lipinski definition) is 3. The first kappa shape index (κ1) is 16.5. The molecule has 4 nitrogen and oxygen atoms in total. The molecule has 0 saturated heterocycles. The van der Waals surface area contributed by atoms with Crippen LogP contribution < -0.4 is 4.74 Å². The summed E-state index contributed by atoms with van der Waals surface area (Å²) < 4.78 is 32.5. The van der Waals surface area contributed by atoms with E-state index in [1.807, 2.05) is 20.8 Å². The van der Waals surface area contributed by atoms with Crippen LogP contribution in [0.25, 0.3) is 0 Å². The van der Waals surface area contributed by atoms with Gasteiger partial charge in [0.2, 0.25) is 10.0 Å². The van der Waals surface area contributed by atoms with E-state index in [1.54, 1.807) is 18.2 Å². The molecule has 0 N–H and O–H groups in total. The van der Waals surface area contributed by atoms with Gasteiger partial charge in [0, 0.05) is 19.2 Å². The summed E-state index contributed by atoms with van der Waals surface area (Å²) in [6.45, 7) is 7.14. The molecule has 1 aromatic rings. The number of sulfonamides is 1. The molecule has 1 rings (SSSR count). The number of ether oxygens (including phenoxy) is 1. The Morgan fingerprint density at radius 3 is 2.37 bits per heavy atom. The first-order valence-electron chi connectivity index (χ1n) is 6.39. The fourth-order valence-electron chi connectivity index (χ4n) is 1.68. The fourth-order valence-corrected chi connectivity index (χ4v) is 3.51. The summed E-state index contributed by atoms with van der Waals surface area (Å²) in [7, 11) is -3.43. The lowest BCUT2D eigenvalue weighted by Crippen LogP contribution is -2.30. The molecule has 0 aliphatic carbocycles. The van der Waals surface area contributed by atoms with Crippen molar-refractivity contribution in [1.82, 2.24) is 4.31 Å². The third-order valence-corrected chi connectivity index (χ3v) is 5.41. The lowest BCUT2D eigenvalue weighted by Gasteiger charge is -2.19. The summed E-state index contributed by atoms with van der Waals surface area (Å²) in [4.78, 5) is 0.269. The Hall–Kier alpha value is -0.590. The van der Waals surface area contributed by atoms with Gasteiger partial charge in [-0.05, 0) is 34.5 Å². The maximum absolute atomic E-state index is 12.4. The predicted octanol–water partition coefficient (Wildman–Crippen LogP) is 3.27. The molecular weight excluding hydrogens is 330 g/mol. The quantitative estimate of drug-likeness (QED) is 0.758. The molecule has 0 aliphatic heterocycles. The maximum Gasteiger partial charge on any atom is 0.243 e. The van der Waals surface area contributed by atoms with Crippen molar-refractivity contribution < 1.29 is 13.2 Å². The highest BCUT2D eigenvalue weighted by atomic mass is 79.9. The molecule has 0 fully saturated rings. The maximum atomic E-state index is 12.4. The van der Waals surface area contributed by atoms with Crippen LogP contribution in [0.1, 0.15) is 27.2 Å². The van der Waals surface area contributed by atoms with Crippen LogP contribution in [-0.4, -0.2) is 32.4 Å². The number of hydrogen-bond donors (Lipinski definition) is 0. The van der Waals surface area contributed by atoms with E-state index in [1.165, 1.54) is 4.31 Å². The van der Waals surface area contributed by atoms with Crippen LogP contribution >= 0.6 is 15.9 Å². The molecule has 0 atom stereocenters. The Morgan fingerprint density at radius 1 is 1.21 bits per heavy atom. The summed E-state index contributed by atoms with van der Waals surface area (Å²) in [6.07, 6.45) is 0.874. The number of halogens is 1. The molecule has 0 aliphatic rings. The SMILES string of the molecule is CCCOc1cc(S(=O)(=O)N(CC)CC)ccc1Br. The number of nitrogens with zero attached hydrogens (tertiary/aromatic N) is 1. The number of benzene rings is 1. The van der Waals surface area contributed by atoms with Gasteiger partial charge in [-0.3, -0.25) is 0 Å². The topological polar surface area (TPSA) is 46.6 Å². The Balaban J connectivity index is 3.14. The molecule has 1 aromatic carbocycles. The molecule has 0 heterocycles. The molecule has 0 spiro atoms. The van der Waals surface area contributed by atoms with Gasteiger partial charge in [0.05, 0.1) is 16.0 Å². The van der Waals surface area contributed by atoms with Crippen molar-refractivity contribution in [1.29, 1.82) is 0 Å². The molecule has 0 aromatic heterocycles. The van der Waals surface area contributed by atoms with E-state index in [4.69, 9.17) is 4.74 Å². The van der Waals surface area contributed by atoms with Crippen molar-refractivity contribution in [3.63, 3.8) is 0 Å². The van der Waals surface area contributed by atoms with E-state index < -0.39 is 10.0 Å². The van der Waals surface area contributed by atoms with Crippen LogP contribution in [0.2, 0.25) is 0 Å². The van der Waals surface area contributed by atoms with E-state index in [0.29, 0.717) is 25.4 Å². The average molecular weight is 350 g/mol. The molecule has 19 heavy (non-hydrogen) atoms. The van der Waals surface area contributed by atoms with E-state index in [2.05, 4.69) is 15.9 Å². The summed E-state index contributed by atoms with van der Waals surface area (Å²) in [5.74, 6) is 0.565. The molecule has 108 valence electrons. The monoisotopic (exact) mass is 349 g/mol. The second-order valence-corrected chi connectivity index (χ2v) is 6.82. The van der Waals surface area contributed by atoms with Crippen LogP contribution in [0, 0.1) is 0 Å². The van der Waals surface area contributed by atoms with Crippen molar-refractivity contribution in [2.24, 2.45) is 0 Å². The van der Waals surface area contributed by atoms with Gasteiger partial charge in [-0.15, -0.1) is 0 Å². The van der Waals surface area contributed by atoms with Crippen molar-refractivity contribution in [3.05, 3.63) is 22.7 Å². The Labute approximate surface area is 123 Å². The van der Waals surface area contributed by atoms with Crippen molar-refractivity contribution in [2.45, 2.75) is 32.1 Å². The Kier molecular flexibility index (Phi) is 6.29. The van der Waals surface area contributed by atoms with Crippen molar-refractivity contribution in [3.8, 4) is 5.75 Å². The van der Waals surface area contributed by atoms with Gasteiger partial charge in [-0.25, -0.2) is 8.42 Å². The molecule has 0 saturated carbocycles. The molecular formula is C13H20BrNO3S. The van der Waals surface area contributed by atoms with Gasteiger partial charge in [0.1, 0.15) is 5.75 Å². The predicted molar refractivity (Wildman–Crippen MR) is 80.0 cm³/mol. The van der Waals surface area contributed by atoms with Gasteiger partial charge in [-0.1, -0.05) is 20.8 Å². The fraction of sp³-hybridized carbons (Fsp3) is 0.538. The zero-order valence-corrected chi connectivity index (χ0v) is 13.9. The van der Waals surface area contributed by atoms with E-state index in [-0.39, 0.29) is 4.90 Å². The first-order chi connectivity index (χ1) is 8.97. The smallest absolute Gasteiger partial charge is 0.243 e. The van der Waals surface area contributed by atoms with Crippen LogP contribution in [0.15, 0.2) is 27.6 Å². The van der Waals surface area contributed by atoms with Gasteiger partial charge in [0.25, 0.3) is 0 Å². The Morgan fingerprint density at radius 2 is 1.84 bits per heavy atom. The standard InChI is InChI=1S/C13H20BrNO3S/c1-4-9-18-13-10-11(7-8-12(13)14)19(16,17)15(5-2)6-3/h7-8,10H,4-6,9H2,1-3H3. The summed E-state index contributed by atoms with van der Waals surface area (Å²) in [5.41, 5.74) is 0. The van der Waals surface area contributed by atoms with E-state index in [9.17, 15) is 8.42 Å². The molecule has 0 amide bonds. The lowest BCUT2D eigenvalue weighted by molar-refractivity contribution is 0.314. The van der Waals surface area contributed by atoms with Crippen molar-refractivity contribution >= 4 is 26.0 Å². The minimum absolute atomic E-state index is 0.269. The van der Waals surface area contributed by atoms with Crippen molar-refractivity contribution in [2.75, 3.05) is 19.7 Å². The second kappa shape index (κ2) is 7.26. The first-order valence-corrected chi connectivity index (χ1v) is 8.63. The minimum Gasteiger partial charge on any atom is -0.492 e. The highest BCUT2D eigenvalue weighted by Gasteiger charge is 2.22. The van der Waals surface area contributed by atoms with Crippen LogP contribution in [0.3, 0.4) is 0 Å². The van der Waals surface area contributed by atoms with Gasteiger partial charge < -0.3 is 4.74 Å². The summed E-state index contributed by atoms with van der Waals surface area (Å²) in [5, 5.41) is 0. The highest BCUT2D eigenvalue weighted by Crippen LogP contribution is 2.29. The second-order valence-electron chi connectivity index (χ2n) is 4.03. The van der Waals surface area contributed by atoms with E-state index >= 15 is 0 Å².